The molecule has 0 aliphatic heterocycles. The van der Waals surface area contributed by atoms with Crippen molar-refractivity contribution in [2.24, 2.45) is 0 Å². The molecule has 3 N–H and O–H groups in total. The maximum Gasteiger partial charge on any atom is 0.200 e. The summed E-state index contributed by atoms with van der Waals surface area (Å²) in [6.45, 7) is 4.59. The Balaban J connectivity index is 0.000000292. The molecule has 0 bridgehead atoms. The van der Waals surface area contributed by atoms with Gasteiger partial charge in [0, 0.05) is 0 Å². The molecule has 0 radical (unpaired) electrons. The molecule has 1 rings (SSSR count). The number of hydrogen-bond donors (Lipinski definition) is 3. The Morgan fingerprint density at radius 1 is 1.00 bits per heavy atom. The second kappa shape index (κ2) is 7.63. The fourth-order valence-corrected chi connectivity index (χ4v) is 2.36. The summed E-state index contributed by atoms with van der Waals surface area (Å²) in [5, 5.41) is 29.1. The van der Waals surface area contributed by atoms with Crippen molar-refractivity contribution < 1.29 is 32.4 Å². The summed E-state index contributed by atoms with van der Waals surface area (Å²) in [5.74, 6) is -1.09. The summed E-state index contributed by atoms with van der Waals surface area (Å²) in [6.07, 6.45) is 0. The molecule has 4 heteroatoms. The number of phenols is 3. The van der Waals surface area contributed by atoms with E-state index in [0.29, 0.717) is 0 Å². The van der Waals surface area contributed by atoms with Crippen LogP contribution in [0, 0.1) is 0 Å². The van der Waals surface area contributed by atoms with Crippen LogP contribution in [-0.4, -0.2) is 15.3 Å². The van der Waals surface area contributed by atoms with Gasteiger partial charge < -0.3 is 15.3 Å². The number of hydrogen-bond acceptors (Lipinski definition) is 3. The van der Waals surface area contributed by atoms with Crippen LogP contribution in [0.15, 0.2) is 18.2 Å². The second-order valence-corrected chi connectivity index (χ2v) is 8.68. The van der Waals surface area contributed by atoms with E-state index in [-0.39, 0.29) is 28.6 Å². The van der Waals surface area contributed by atoms with Gasteiger partial charge in [0.2, 0.25) is 0 Å². The molecular weight excluding hydrogens is 233 g/mol. The van der Waals surface area contributed by atoms with E-state index >= 15 is 0 Å². The number of aromatic hydroxyl groups is 3. The molecule has 0 spiro atoms. The molecule has 0 amide bonds. The third-order valence-corrected chi connectivity index (χ3v) is 4.67. The van der Waals surface area contributed by atoms with Crippen LogP contribution < -0.4 is 0 Å². The van der Waals surface area contributed by atoms with Gasteiger partial charge in [-0.05, 0) is 12.1 Å². The van der Waals surface area contributed by atoms with Crippen molar-refractivity contribution in [1.29, 1.82) is 0 Å². The van der Waals surface area contributed by atoms with Crippen LogP contribution in [0.3, 0.4) is 0 Å². The minimum atomic E-state index is -0.475. The zero-order valence-electron chi connectivity index (χ0n) is 8.70. The topological polar surface area (TPSA) is 60.7 Å². The first kappa shape index (κ1) is 13.2. The van der Waals surface area contributed by atoms with Crippen molar-refractivity contribution in [3.05, 3.63) is 18.2 Å². The van der Waals surface area contributed by atoms with Crippen molar-refractivity contribution in [2.45, 2.75) is 23.9 Å². The first-order valence-corrected chi connectivity index (χ1v) is 9.03. The first-order valence-electron chi connectivity index (χ1n) is 4.83. The molecule has 0 unspecified atom stereocenters. The Kier molecular flexibility index (Phi) is 7.22. The summed E-state index contributed by atoms with van der Waals surface area (Å²) < 4.78 is 0. The second-order valence-electron chi connectivity index (χ2n) is 3.00. The number of phenolic OH excluding ortho intramolecular Hbond substituents is 3. The zero-order valence-corrected chi connectivity index (χ0v) is 11.7. The van der Waals surface area contributed by atoms with Crippen LogP contribution in [0.2, 0.25) is 10.0 Å². The molecule has 1 aromatic rings. The Morgan fingerprint density at radius 2 is 1.43 bits per heavy atom. The summed E-state index contributed by atoms with van der Waals surface area (Å²) in [5.41, 5.74) is 0. The molecule has 1 aromatic carbocycles. The maximum atomic E-state index is 8.71. The molecule has 0 atom stereocenters. The zero-order chi connectivity index (χ0) is 11.0. The van der Waals surface area contributed by atoms with Gasteiger partial charge in [0.05, 0.1) is 0 Å². The first-order chi connectivity index (χ1) is 6.63. The van der Waals surface area contributed by atoms with Gasteiger partial charge >= 0.3 is 41.0 Å². The average Bonchev–Trinajstić information content (AvgIpc) is 2.16. The average molecular weight is 250 g/mol. The Labute approximate surface area is 92.0 Å². The fourth-order valence-electron chi connectivity index (χ4n) is 0.873. The Hall–Kier alpha value is -0.757. The number of para-hydroxylation sites is 1. The van der Waals surface area contributed by atoms with Gasteiger partial charge in [-0.15, -0.1) is 0 Å². The normalized spacial score (nSPS) is 8.43. The van der Waals surface area contributed by atoms with Crippen molar-refractivity contribution in [3.8, 4) is 17.2 Å². The van der Waals surface area contributed by atoms with E-state index in [2.05, 4.69) is 13.8 Å². The molecule has 0 aliphatic rings. The number of benzene rings is 1. The molecule has 0 aromatic heterocycles. The minimum absolute atomic E-state index is 0.0972. The van der Waals surface area contributed by atoms with Crippen molar-refractivity contribution in [2.75, 3.05) is 0 Å². The van der Waals surface area contributed by atoms with E-state index in [9.17, 15) is 0 Å². The van der Waals surface area contributed by atoms with E-state index in [1.54, 1.807) is 0 Å². The van der Waals surface area contributed by atoms with Crippen LogP contribution in [0.25, 0.3) is 0 Å². The molecular formula is C10H16O3Zn. The molecule has 14 heavy (non-hydrogen) atoms. The summed E-state index contributed by atoms with van der Waals surface area (Å²) in [4.78, 5) is 0. The fraction of sp³-hybridized carbons (Fsp3) is 0.400. The largest absolute Gasteiger partial charge is 0.504 e. The summed E-state index contributed by atoms with van der Waals surface area (Å²) in [6, 6.07) is 4.01. The van der Waals surface area contributed by atoms with E-state index in [1.165, 1.54) is 28.2 Å². The third-order valence-electron chi connectivity index (χ3n) is 1.70. The Morgan fingerprint density at radius 3 is 1.64 bits per heavy atom. The smallest absolute Gasteiger partial charge is 0.200 e. The van der Waals surface area contributed by atoms with E-state index in [0.717, 1.165) is 0 Å². The standard InChI is InChI=1S/C6H6O3.2C2H5.Zn/c7-4-2-1-3-5(8)6(4)9;2*1-2;/h1-3,7-9H;2*1H2,2H3;. The van der Waals surface area contributed by atoms with Gasteiger partial charge in [-0.1, -0.05) is 6.07 Å². The SMILES string of the molecule is C[CH2][Zn][CH2]C.Oc1cccc(O)c1O. The van der Waals surface area contributed by atoms with Crippen molar-refractivity contribution >= 4 is 0 Å². The van der Waals surface area contributed by atoms with E-state index in [1.807, 2.05) is 0 Å². The Bertz CT molecular complexity index is 241. The predicted molar refractivity (Wildman–Crippen MR) is 52.4 cm³/mol. The summed E-state index contributed by atoms with van der Waals surface area (Å²) in [7, 11) is 0. The van der Waals surface area contributed by atoms with Gasteiger partial charge in [-0.25, -0.2) is 0 Å². The summed E-state index contributed by atoms with van der Waals surface area (Å²) >= 11 is 0.0972. The monoisotopic (exact) mass is 248 g/mol. The third kappa shape index (κ3) is 5.08. The van der Waals surface area contributed by atoms with Crippen LogP contribution in [-0.2, 0) is 17.1 Å². The van der Waals surface area contributed by atoms with Crippen molar-refractivity contribution in [3.63, 3.8) is 0 Å². The van der Waals surface area contributed by atoms with Crippen LogP contribution in [0.1, 0.15) is 13.8 Å². The van der Waals surface area contributed by atoms with Gasteiger partial charge in [0.25, 0.3) is 0 Å². The van der Waals surface area contributed by atoms with Gasteiger partial charge in [-0.3, -0.25) is 0 Å². The van der Waals surface area contributed by atoms with E-state index in [4.69, 9.17) is 15.3 Å². The molecule has 0 heterocycles. The molecule has 0 fully saturated rings. The van der Waals surface area contributed by atoms with E-state index < -0.39 is 5.75 Å². The van der Waals surface area contributed by atoms with Gasteiger partial charge in [-0.2, -0.15) is 0 Å². The maximum absolute atomic E-state index is 8.71. The van der Waals surface area contributed by atoms with Crippen LogP contribution >= 0.6 is 0 Å². The van der Waals surface area contributed by atoms with Gasteiger partial charge in [0.15, 0.2) is 17.2 Å². The van der Waals surface area contributed by atoms with Crippen LogP contribution in [0.4, 0.5) is 0 Å². The van der Waals surface area contributed by atoms with Crippen LogP contribution in [0.5, 0.6) is 17.2 Å². The number of rotatable bonds is 2. The van der Waals surface area contributed by atoms with Gasteiger partial charge in [0.1, 0.15) is 0 Å². The molecule has 0 saturated carbocycles. The molecule has 0 saturated heterocycles. The minimum Gasteiger partial charge on any atom is -0.504 e. The molecule has 3 nitrogen and oxygen atoms in total. The molecule has 76 valence electrons. The van der Waals surface area contributed by atoms with Crippen molar-refractivity contribution in [1.82, 2.24) is 0 Å². The quantitative estimate of drug-likeness (QED) is 0.558. The predicted octanol–water partition coefficient (Wildman–Crippen LogP) is 2.75. The molecule has 0 aliphatic carbocycles.